The minimum absolute atomic E-state index is 0.0690. The van der Waals surface area contributed by atoms with Crippen LogP contribution in [0.3, 0.4) is 0 Å². The Kier molecular flexibility index (Phi) is 6.98. The van der Waals surface area contributed by atoms with Gasteiger partial charge in [0.2, 0.25) is 5.95 Å². The van der Waals surface area contributed by atoms with Gasteiger partial charge in [-0.15, -0.1) is 13.2 Å². The average Bonchev–Trinajstić information content (AvgIpc) is 2.72. The van der Waals surface area contributed by atoms with Gasteiger partial charge in [0.25, 0.3) is 0 Å². The third-order valence-corrected chi connectivity index (χ3v) is 4.16. The molecule has 0 radical (unpaired) electrons. The molecule has 3 N–H and O–H groups in total. The summed E-state index contributed by atoms with van der Waals surface area (Å²) in [5.74, 6) is -0.564. The third-order valence-electron chi connectivity index (χ3n) is 4.16. The number of aliphatic hydroxyl groups is 1. The first-order chi connectivity index (χ1) is 15.2. The highest BCUT2D eigenvalue weighted by Gasteiger charge is 2.31. The molecule has 3 rings (SSSR count). The van der Waals surface area contributed by atoms with Gasteiger partial charge in [-0.05, 0) is 31.2 Å². The molecule has 0 saturated heterocycles. The average molecular weight is 452 g/mol. The maximum Gasteiger partial charge on any atom is 0.573 e. The summed E-state index contributed by atoms with van der Waals surface area (Å²) in [5, 5.41) is 15.1. The maximum absolute atomic E-state index is 14.0. The van der Waals surface area contributed by atoms with E-state index in [0.717, 1.165) is 0 Å². The van der Waals surface area contributed by atoms with Gasteiger partial charge in [0, 0.05) is 29.4 Å². The van der Waals surface area contributed by atoms with Gasteiger partial charge in [0.1, 0.15) is 11.6 Å². The van der Waals surface area contributed by atoms with E-state index in [1.807, 2.05) is 0 Å². The number of halogens is 4. The van der Waals surface area contributed by atoms with Crippen molar-refractivity contribution in [2.75, 3.05) is 24.4 Å². The van der Waals surface area contributed by atoms with Crippen LogP contribution in [0.15, 0.2) is 48.5 Å². The standard InChI is InChI=1S/C21H20F4N4O3/c1-12(11-30)26-20-28-17(13-4-3-5-15(8-13)32-21(23,24)25)10-19(29-20)27-14-6-7-18(31-2)16(22)9-14/h3-10,12,30H,11H2,1-2H3,(H2,26,27,28,29)/t12-/m1/s1. The Morgan fingerprint density at radius 3 is 2.53 bits per heavy atom. The molecule has 0 aliphatic carbocycles. The second kappa shape index (κ2) is 9.69. The lowest BCUT2D eigenvalue weighted by molar-refractivity contribution is -0.274. The summed E-state index contributed by atoms with van der Waals surface area (Å²) >= 11 is 0. The highest BCUT2D eigenvalue weighted by atomic mass is 19.4. The number of methoxy groups -OCH3 is 1. The number of nitrogens with zero attached hydrogens (tertiary/aromatic N) is 2. The zero-order valence-corrected chi connectivity index (χ0v) is 17.1. The van der Waals surface area contributed by atoms with Crippen LogP contribution >= 0.6 is 0 Å². The molecule has 2 aromatic carbocycles. The van der Waals surface area contributed by atoms with Crippen LogP contribution in [-0.4, -0.2) is 41.2 Å². The number of nitrogens with one attached hydrogen (secondary N) is 2. The molecule has 0 saturated carbocycles. The van der Waals surface area contributed by atoms with Crippen LogP contribution in [-0.2, 0) is 0 Å². The lowest BCUT2D eigenvalue weighted by atomic mass is 10.1. The molecule has 1 atom stereocenters. The molecule has 7 nitrogen and oxygen atoms in total. The molecular weight excluding hydrogens is 432 g/mol. The molecule has 0 aliphatic heterocycles. The number of rotatable bonds is 8. The number of benzene rings is 2. The second-order valence-corrected chi connectivity index (χ2v) is 6.74. The fourth-order valence-electron chi connectivity index (χ4n) is 2.73. The number of ether oxygens (including phenoxy) is 2. The van der Waals surface area contributed by atoms with Crippen molar-refractivity contribution in [3.8, 4) is 22.8 Å². The fraction of sp³-hybridized carbons (Fsp3) is 0.238. The van der Waals surface area contributed by atoms with E-state index in [2.05, 4.69) is 25.3 Å². The first kappa shape index (κ1) is 23.1. The van der Waals surface area contributed by atoms with E-state index in [1.165, 1.54) is 43.5 Å². The molecule has 0 unspecified atom stereocenters. The lowest BCUT2D eigenvalue weighted by Crippen LogP contribution is -2.21. The molecular formula is C21H20F4N4O3. The lowest BCUT2D eigenvalue weighted by Gasteiger charge is -2.15. The third kappa shape index (κ3) is 6.20. The minimum atomic E-state index is -4.83. The molecule has 1 aromatic heterocycles. The molecule has 170 valence electrons. The molecule has 0 amide bonds. The first-order valence-electron chi connectivity index (χ1n) is 9.40. The monoisotopic (exact) mass is 452 g/mol. The molecule has 1 heterocycles. The molecule has 0 spiro atoms. The number of anilines is 3. The van der Waals surface area contributed by atoms with Crippen molar-refractivity contribution in [3.05, 3.63) is 54.3 Å². The van der Waals surface area contributed by atoms with Gasteiger partial charge in [0.15, 0.2) is 11.6 Å². The molecule has 0 fully saturated rings. The highest BCUT2D eigenvalue weighted by molar-refractivity contribution is 5.68. The maximum atomic E-state index is 14.0. The Labute approximate surface area is 181 Å². The summed E-state index contributed by atoms with van der Waals surface area (Å²) in [6.45, 7) is 1.49. The van der Waals surface area contributed by atoms with Gasteiger partial charge < -0.3 is 25.2 Å². The van der Waals surface area contributed by atoms with Gasteiger partial charge in [-0.25, -0.2) is 9.37 Å². The molecule has 11 heteroatoms. The van der Waals surface area contributed by atoms with Gasteiger partial charge in [-0.2, -0.15) is 4.98 Å². The molecule has 3 aromatic rings. The number of aliphatic hydroxyl groups excluding tert-OH is 1. The number of aromatic nitrogens is 2. The van der Waals surface area contributed by atoms with Crippen LogP contribution in [0.2, 0.25) is 0 Å². The summed E-state index contributed by atoms with van der Waals surface area (Å²) in [7, 11) is 1.35. The zero-order chi connectivity index (χ0) is 23.3. The number of hydrogen-bond donors (Lipinski definition) is 3. The Morgan fingerprint density at radius 2 is 1.88 bits per heavy atom. The van der Waals surface area contributed by atoms with Crippen molar-refractivity contribution < 1.29 is 32.1 Å². The van der Waals surface area contributed by atoms with Crippen LogP contribution in [0.4, 0.5) is 35.0 Å². The fourth-order valence-corrected chi connectivity index (χ4v) is 2.73. The predicted molar refractivity (Wildman–Crippen MR) is 111 cm³/mol. The first-order valence-corrected chi connectivity index (χ1v) is 9.40. The summed E-state index contributed by atoms with van der Waals surface area (Å²) in [5.41, 5.74) is 0.970. The van der Waals surface area contributed by atoms with Crippen LogP contribution in [0.1, 0.15) is 6.92 Å². The normalized spacial score (nSPS) is 12.2. The summed E-state index contributed by atoms with van der Waals surface area (Å²) < 4.78 is 60.7. The van der Waals surface area contributed by atoms with E-state index < -0.39 is 24.0 Å². The van der Waals surface area contributed by atoms with Crippen LogP contribution in [0.5, 0.6) is 11.5 Å². The molecule has 0 bridgehead atoms. The quantitative estimate of drug-likeness (QED) is 0.426. The van der Waals surface area contributed by atoms with Crippen molar-refractivity contribution in [1.82, 2.24) is 9.97 Å². The van der Waals surface area contributed by atoms with E-state index in [9.17, 15) is 22.7 Å². The molecule has 0 aliphatic rings. The van der Waals surface area contributed by atoms with E-state index in [-0.39, 0.29) is 29.8 Å². The number of alkyl halides is 3. The van der Waals surface area contributed by atoms with Crippen LogP contribution < -0.4 is 20.1 Å². The SMILES string of the molecule is COc1ccc(Nc2cc(-c3cccc(OC(F)(F)F)c3)nc(N[C@H](C)CO)n2)cc1F. The van der Waals surface area contributed by atoms with Gasteiger partial charge >= 0.3 is 6.36 Å². The van der Waals surface area contributed by atoms with Gasteiger partial charge in [-0.3, -0.25) is 0 Å². The predicted octanol–water partition coefficient (Wildman–Crippen LogP) is 4.73. The van der Waals surface area contributed by atoms with Gasteiger partial charge in [0.05, 0.1) is 19.4 Å². The summed E-state index contributed by atoms with van der Waals surface area (Å²) in [4.78, 5) is 8.60. The Bertz CT molecular complexity index is 1080. The van der Waals surface area contributed by atoms with Crippen molar-refractivity contribution >= 4 is 17.5 Å². The highest BCUT2D eigenvalue weighted by Crippen LogP contribution is 2.30. The summed E-state index contributed by atoms with van der Waals surface area (Å²) in [6.07, 6.45) is -4.83. The number of hydrogen-bond acceptors (Lipinski definition) is 7. The Morgan fingerprint density at radius 1 is 1.09 bits per heavy atom. The van der Waals surface area contributed by atoms with Crippen LogP contribution in [0, 0.1) is 5.82 Å². The van der Waals surface area contributed by atoms with Crippen LogP contribution in [0.25, 0.3) is 11.3 Å². The zero-order valence-electron chi connectivity index (χ0n) is 17.1. The second-order valence-electron chi connectivity index (χ2n) is 6.74. The van der Waals surface area contributed by atoms with E-state index in [1.54, 1.807) is 19.1 Å². The van der Waals surface area contributed by atoms with E-state index >= 15 is 0 Å². The smallest absolute Gasteiger partial charge is 0.494 e. The topological polar surface area (TPSA) is 88.5 Å². The van der Waals surface area contributed by atoms with Crippen molar-refractivity contribution in [3.63, 3.8) is 0 Å². The van der Waals surface area contributed by atoms with E-state index in [4.69, 9.17) is 4.74 Å². The van der Waals surface area contributed by atoms with Crippen molar-refractivity contribution in [2.45, 2.75) is 19.3 Å². The Balaban J connectivity index is 1.98. The molecule has 32 heavy (non-hydrogen) atoms. The minimum Gasteiger partial charge on any atom is -0.494 e. The van der Waals surface area contributed by atoms with Crippen molar-refractivity contribution in [1.29, 1.82) is 0 Å². The van der Waals surface area contributed by atoms with Crippen molar-refractivity contribution in [2.24, 2.45) is 0 Å². The van der Waals surface area contributed by atoms with Gasteiger partial charge in [-0.1, -0.05) is 12.1 Å². The summed E-state index contributed by atoms with van der Waals surface area (Å²) in [6, 6.07) is 10.6. The largest absolute Gasteiger partial charge is 0.573 e. The van der Waals surface area contributed by atoms with E-state index in [0.29, 0.717) is 11.3 Å². The Hall–Kier alpha value is -3.60.